The highest BCUT2D eigenvalue weighted by atomic mass is 19.4. The van der Waals surface area contributed by atoms with Crippen molar-refractivity contribution >= 4 is 11.4 Å². The van der Waals surface area contributed by atoms with Crippen molar-refractivity contribution in [3.05, 3.63) is 12.1 Å². The zero-order chi connectivity index (χ0) is 34.1. The highest BCUT2D eigenvalue weighted by Gasteiger charge is 2.98. The number of alkyl halides is 21. The Morgan fingerprint density at radius 3 is 1.10 bits per heavy atom. The number of benzene rings is 1. The summed E-state index contributed by atoms with van der Waals surface area (Å²) in [6.07, 6.45) is -15.4. The van der Waals surface area contributed by atoms with E-state index in [2.05, 4.69) is 9.47 Å². The first kappa shape index (κ1) is 37.0. The Morgan fingerprint density at radius 1 is 0.476 bits per heavy atom. The van der Waals surface area contributed by atoms with E-state index in [9.17, 15) is 92.2 Å². The molecular weight excluding hydrogens is 663 g/mol. The zero-order valence-electron chi connectivity index (χ0n) is 19.1. The lowest BCUT2D eigenvalue weighted by Crippen LogP contribution is -2.77. The summed E-state index contributed by atoms with van der Waals surface area (Å²) >= 11 is 0. The fraction of sp³-hybridized carbons (Fsp3) is 0.647. The molecule has 0 atom stereocenters. The Kier molecular flexibility index (Phi) is 8.57. The molecule has 0 aliphatic heterocycles. The molecule has 1 aromatic carbocycles. The molecule has 246 valence electrons. The summed E-state index contributed by atoms with van der Waals surface area (Å²) in [7, 11) is 0.481. The zero-order valence-corrected chi connectivity index (χ0v) is 19.1. The second-order valence-electron chi connectivity index (χ2n) is 7.85. The Balaban J connectivity index is 3.81. The van der Waals surface area contributed by atoms with Crippen LogP contribution in [0.15, 0.2) is 12.1 Å². The Labute approximate surface area is 216 Å². The molecule has 1 rings (SSSR count). The molecule has 0 saturated heterocycles. The maximum atomic E-state index is 14.0. The number of nitrogens with two attached hydrogens (primary N) is 2. The first-order chi connectivity index (χ1) is 18.1. The molecule has 0 spiro atoms. The van der Waals surface area contributed by atoms with Crippen LogP contribution in [-0.4, -0.2) is 66.8 Å². The van der Waals surface area contributed by atoms with Gasteiger partial charge in [0.15, 0.2) is 11.5 Å². The number of ether oxygens (including phenoxy) is 2. The Bertz CT molecular complexity index is 1160. The molecule has 1 aromatic rings. The fourth-order valence-electron chi connectivity index (χ4n) is 2.69. The van der Waals surface area contributed by atoms with Gasteiger partial charge in [0.2, 0.25) is 0 Å². The van der Waals surface area contributed by atoms with Crippen LogP contribution < -0.4 is 20.9 Å². The van der Waals surface area contributed by atoms with Gasteiger partial charge in [0.05, 0.1) is 12.8 Å². The fourth-order valence-corrected chi connectivity index (χ4v) is 2.69. The van der Waals surface area contributed by atoms with Gasteiger partial charge in [0.1, 0.15) is 0 Å². The van der Waals surface area contributed by atoms with E-state index >= 15 is 0 Å². The van der Waals surface area contributed by atoms with Crippen LogP contribution in [0.3, 0.4) is 0 Å². The van der Waals surface area contributed by atoms with Crippen LogP contribution in [0.25, 0.3) is 0 Å². The van der Waals surface area contributed by atoms with Crippen LogP contribution in [-0.2, 0) is 0 Å². The molecule has 0 aliphatic rings. The van der Waals surface area contributed by atoms with Crippen molar-refractivity contribution < 1.29 is 102 Å². The molecule has 0 saturated carbocycles. The number of hydrogen-bond donors (Lipinski definition) is 2. The third kappa shape index (κ3) is 4.69. The van der Waals surface area contributed by atoms with Crippen molar-refractivity contribution in [3.8, 4) is 11.5 Å². The van der Waals surface area contributed by atoms with Crippen molar-refractivity contribution in [3.63, 3.8) is 0 Å². The van der Waals surface area contributed by atoms with Crippen molar-refractivity contribution in [1.82, 2.24) is 0 Å². The van der Waals surface area contributed by atoms with Crippen molar-refractivity contribution in [2.24, 2.45) is 0 Å². The third-order valence-electron chi connectivity index (χ3n) is 5.03. The average molecular weight is 672 g/mol. The quantitative estimate of drug-likeness (QED) is 0.189. The lowest BCUT2D eigenvalue weighted by Gasteiger charge is -2.44. The topological polar surface area (TPSA) is 70.5 Å². The van der Waals surface area contributed by atoms with E-state index in [1.165, 1.54) is 0 Å². The maximum absolute atomic E-state index is 14.0. The van der Waals surface area contributed by atoms with Crippen LogP contribution in [0.5, 0.6) is 11.5 Å². The van der Waals surface area contributed by atoms with Gasteiger partial charge in [-0.25, -0.2) is 0 Å². The summed E-state index contributed by atoms with van der Waals surface area (Å²) in [4.78, 5) is 0. The van der Waals surface area contributed by atoms with E-state index < -0.39 is 82.5 Å². The monoisotopic (exact) mass is 672 g/mol. The van der Waals surface area contributed by atoms with Crippen LogP contribution in [0.2, 0.25) is 0 Å². The van der Waals surface area contributed by atoms with E-state index in [0.717, 1.165) is 0 Å². The summed E-state index contributed by atoms with van der Waals surface area (Å²) < 4.78 is 289. The van der Waals surface area contributed by atoms with Gasteiger partial charge >= 0.3 is 59.7 Å². The SMILES string of the molecule is COc1c(N)cc(N)cc1OC(F)(F)C(F)(F)C(F)(F)C(F)(F)C(F)(F)C(F)(F)C(F)(F)C(F)(F)C(F)(F)C(F)(F)F. The molecular formula is C17H9F21N2O2. The molecule has 0 bridgehead atoms. The summed E-state index contributed by atoms with van der Waals surface area (Å²) in [5, 5.41) is 0. The molecule has 0 amide bonds. The first-order valence-electron chi connectivity index (χ1n) is 9.47. The van der Waals surface area contributed by atoms with Crippen LogP contribution in [0, 0.1) is 0 Å². The summed E-state index contributed by atoms with van der Waals surface area (Å²) in [6, 6.07) is 0.535. The minimum atomic E-state index is -9.26. The normalized spacial score (nSPS) is 15.6. The second-order valence-corrected chi connectivity index (χ2v) is 7.85. The molecule has 0 aliphatic carbocycles. The second kappa shape index (κ2) is 9.74. The van der Waals surface area contributed by atoms with Gasteiger partial charge in [-0.3, -0.25) is 0 Å². The third-order valence-corrected chi connectivity index (χ3v) is 5.03. The van der Waals surface area contributed by atoms with E-state index in [-0.39, 0.29) is 6.07 Å². The maximum Gasteiger partial charge on any atom is 0.471 e. The number of nitrogen functional groups attached to an aromatic ring is 2. The Hall–Kier alpha value is -3.05. The van der Waals surface area contributed by atoms with Crippen molar-refractivity contribution in [1.29, 1.82) is 0 Å². The van der Waals surface area contributed by atoms with Crippen molar-refractivity contribution in [2.75, 3.05) is 18.6 Å². The molecule has 4 N–H and O–H groups in total. The minimum absolute atomic E-state index is 0.0400. The molecule has 42 heavy (non-hydrogen) atoms. The van der Waals surface area contributed by atoms with E-state index in [1.807, 2.05) is 0 Å². The minimum Gasteiger partial charge on any atom is -0.491 e. The van der Waals surface area contributed by atoms with Gasteiger partial charge in [0, 0.05) is 11.8 Å². The largest absolute Gasteiger partial charge is 0.491 e. The summed E-state index contributed by atoms with van der Waals surface area (Å²) in [5.74, 6) is -74.6. The van der Waals surface area contributed by atoms with Gasteiger partial charge in [-0.2, -0.15) is 92.2 Å². The van der Waals surface area contributed by atoms with Crippen LogP contribution in [0.1, 0.15) is 0 Å². The van der Waals surface area contributed by atoms with Gasteiger partial charge in [-0.1, -0.05) is 0 Å². The molecule has 0 radical (unpaired) electrons. The van der Waals surface area contributed by atoms with Crippen molar-refractivity contribution in [2.45, 2.75) is 59.7 Å². The van der Waals surface area contributed by atoms with Gasteiger partial charge in [-0.15, -0.1) is 0 Å². The number of rotatable bonds is 11. The number of halogens is 21. The van der Waals surface area contributed by atoms with Crippen LogP contribution in [0.4, 0.5) is 104 Å². The Morgan fingerprint density at radius 2 is 0.786 bits per heavy atom. The van der Waals surface area contributed by atoms with E-state index in [1.54, 1.807) is 0 Å². The lowest BCUT2D eigenvalue weighted by molar-refractivity contribution is -0.480. The summed E-state index contributed by atoms with van der Waals surface area (Å²) in [5.41, 5.74) is 8.36. The van der Waals surface area contributed by atoms with Gasteiger partial charge in [-0.05, 0) is 6.07 Å². The lowest BCUT2D eigenvalue weighted by atomic mass is 9.87. The highest BCUT2D eigenvalue weighted by molar-refractivity contribution is 5.67. The van der Waals surface area contributed by atoms with Crippen LogP contribution >= 0.6 is 0 Å². The number of methoxy groups -OCH3 is 1. The molecule has 0 fully saturated rings. The number of hydrogen-bond acceptors (Lipinski definition) is 4. The van der Waals surface area contributed by atoms with E-state index in [4.69, 9.17) is 11.5 Å². The highest BCUT2D eigenvalue weighted by Crippen LogP contribution is 2.66. The standard InChI is InChI=1S/C17H9F21N2O2/c1-41-7-5(40)2-4(39)3-6(7)42-17(37,38)15(32,33)13(28,29)11(24,25)9(20,21)8(18,19)10(22,23)12(26,27)14(30,31)16(34,35)36/h2-3H,39-40H2,1H3. The average Bonchev–Trinajstić information content (AvgIpc) is 2.76. The molecule has 25 heteroatoms. The predicted molar refractivity (Wildman–Crippen MR) is 93.0 cm³/mol. The van der Waals surface area contributed by atoms with Gasteiger partial charge in [0.25, 0.3) is 0 Å². The number of anilines is 2. The molecule has 0 unspecified atom stereocenters. The van der Waals surface area contributed by atoms with E-state index in [0.29, 0.717) is 13.2 Å². The predicted octanol–water partition coefficient (Wildman–Crippen LogP) is 7.48. The van der Waals surface area contributed by atoms with Gasteiger partial charge < -0.3 is 20.9 Å². The molecule has 0 aromatic heterocycles. The molecule has 4 nitrogen and oxygen atoms in total. The first-order valence-corrected chi connectivity index (χ1v) is 9.47. The summed E-state index contributed by atoms with van der Waals surface area (Å²) in [6.45, 7) is 0. The molecule has 0 heterocycles. The smallest absolute Gasteiger partial charge is 0.471 e.